The predicted molar refractivity (Wildman–Crippen MR) is 151 cm³/mol. The van der Waals surface area contributed by atoms with Crippen molar-refractivity contribution in [2.75, 3.05) is 0 Å². The molecule has 0 fully saturated rings. The highest BCUT2D eigenvalue weighted by atomic mass is 79.9. The molecule has 3 aromatic rings. The second-order valence-corrected chi connectivity index (χ2v) is 11.1. The first-order valence-corrected chi connectivity index (χ1v) is 13.7. The molecule has 1 heterocycles. The van der Waals surface area contributed by atoms with Crippen LogP contribution >= 0.6 is 15.9 Å². The van der Waals surface area contributed by atoms with Crippen molar-refractivity contribution < 1.29 is 19.0 Å². The van der Waals surface area contributed by atoms with E-state index in [0.717, 1.165) is 29.8 Å². The van der Waals surface area contributed by atoms with Gasteiger partial charge in [0.25, 0.3) is 0 Å². The van der Waals surface area contributed by atoms with Crippen molar-refractivity contribution >= 4 is 21.9 Å². The maximum Gasteiger partial charge on any atom is 0.344 e. The van der Waals surface area contributed by atoms with Gasteiger partial charge in [-0.1, -0.05) is 30.3 Å². The van der Waals surface area contributed by atoms with Gasteiger partial charge < -0.3 is 14.2 Å². The lowest BCUT2D eigenvalue weighted by molar-refractivity contribution is 0.0731. The van der Waals surface area contributed by atoms with E-state index in [2.05, 4.69) is 58.9 Å². The number of rotatable bonds is 8. The molecule has 0 N–H and O–H groups in total. The zero-order valence-electron chi connectivity index (χ0n) is 22.5. The van der Waals surface area contributed by atoms with E-state index in [1.54, 1.807) is 12.1 Å². The standard InChI is InChI=1S/C31H36BrNO4/c1-19(2)35-25-12-13-28(32)27(16-25)31(34)37-26-15-24-14-21(5)33(18-23-10-8-7-9-11-23)22(6)30(24)29(17-26)36-20(3)4/h7-13,15-17,19-22H,14,18H2,1-6H3/t21-,22-/m1/s1. The highest BCUT2D eigenvalue weighted by Crippen LogP contribution is 2.42. The highest BCUT2D eigenvalue weighted by Gasteiger charge is 2.33. The average Bonchev–Trinajstić information content (AvgIpc) is 2.82. The maximum atomic E-state index is 13.2. The fourth-order valence-electron chi connectivity index (χ4n) is 4.95. The van der Waals surface area contributed by atoms with Gasteiger partial charge in [-0.25, -0.2) is 4.79 Å². The van der Waals surface area contributed by atoms with Crippen LogP contribution in [0, 0.1) is 0 Å². The number of hydrogen-bond donors (Lipinski definition) is 0. The lowest BCUT2D eigenvalue weighted by atomic mass is 9.88. The monoisotopic (exact) mass is 565 g/mol. The topological polar surface area (TPSA) is 48.0 Å². The normalized spacial score (nSPS) is 17.5. The van der Waals surface area contributed by atoms with Crippen molar-refractivity contribution in [2.24, 2.45) is 0 Å². The molecule has 0 amide bonds. The minimum atomic E-state index is -0.445. The summed E-state index contributed by atoms with van der Waals surface area (Å²) in [6.07, 6.45) is 0.836. The Labute approximate surface area is 228 Å². The van der Waals surface area contributed by atoms with Gasteiger partial charge in [-0.3, -0.25) is 4.90 Å². The molecule has 0 aromatic heterocycles. The minimum absolute atomic E-state index is 0.00636. The Bertz CT molecular complexity index is 1240. The van der Waals surface area contributed by atoms with Crippen molar-refractivity contribution in [2.45, 2.75) is 78.8 Å². The van der Waals surface area contributed by atoms with Crippen molar-refractivity contribution in [1.29, 1.82) is 0 Å². The molecule has 6 heteroatoms. The van der Waals surface area contributed by atoms with E-state index >= 15 is 0 Å². The molecular formula is C31H36BrNO4. The molecule has 4 rings (SSSR count). The molecule has 5 nitrogen and oxygen atoms in total. The Balaban J connectivity index is 1.65. The molecule has 1 aliphatic heterocycles. The van der Waals surface area contributed by atoms with Gasteiger partial charge >= 0.3 is 5.97 Å². The third kappa shape index (κ3) is 6.55. The van der Waals surface area contributed by atoms with E-state index in [4.69, 9.17) is 14.2 Å². The fraction of sp³-hybridized carbons (Fsp3) is 0.387. The largest absolute Gasteiger partial charge is 0.491 e. The van der Waals surface area contributed by atoms with Crippen LogP contribution < -0.4 is 14.2 Å². The summed E-state index contributed by atoms with van der Waals surface area (Å²) in [7, 11) is 0. The first-order valence-electron chi connectivity index (χ1n) is 12.9. The molecule has 0 bridgehead atoms. The zero-order chi connectivity index (χ0) is 26.7. The Morgan fingerprint density at radius 3 is 2.32 bits per heavy atom. The first-order chi connectivity index (χ1) is 17.6. The number of nitrogens with zero attached hydrogens (tertiary/aromatic N) is 1. The van der Waals surface area contributed by atoms with Gasteiger partial charge in [0.2, 0.25) is 0 Å². The molecule has 37 heavy (non-hydrogen) atoms. The number of esters is 1. The summed E-state index contributed by atoms with van der Waals surface area (Å²) in [5, 5.41) is 0. The van der Waals surface area contributed by atoms with Crippen LogP contribution in [-0.2, 0) is 13.0 Å². The zero-order valence-corrected chi connectivity index (χ0v) is 24.0. The molecule has 0 unspecified atom stereocenters. The lowest BCUT2D eigenvalue weighted by Crippen LogP contribution is -2.40. The first kappa shape index (κ1) is 27.2. The number of carbonyl (C=O) groups excluding carboxylic acids is 1. The van der Waals surface area contributed by atoms with Crippen LogP contribution in [0.25, 0.3) is 0 Å². The number of carbonyl (C=O) groups is 1. The van der Waals surface area contributed by atoms with Crippen molar-refractivity contribution in [3.05, 3.63) is 87.4 Å². The van der Waals surface area contributed by atoms with E-state index in [9.17, 15) is 4.79 Å². The Kier molecular flexibility index (Phi) is 8.60. The van der Waals surface area contributed by atoms with Crippen molar-refractivity contribution in [3.8, 4) is 17.2 Å². The summed E-state index contributed by atoms with van der Waals surface area (Å²) in [6, 6.07) is 20.2. The van der Waals surface area contributed by atoms with E-state index in [1.807, 2.05) is 52.0 Å². The lowest BCUT2D eigenvalue weighted by Gasteiger charge is -2.41. The molecule has 0 saturated carbocycles. The fourth-order valence-corrected chi connectivity index (χ4v) is 5.36. The summed E-state index contributed by atoms with van der Waals surface area (Å²) in [5.74, 6) is 1.43. The summed E-state index contributed by atoms with van der Waals surface area (Å²) < 4.78 is 18.6. The Morgan fingerprint density at radius 1 is 0.946 bits per heavy atom. The number of halogens is 1. The molecule has 1 aliphatic rings. The number of fused-ring (bicyclic) bond motifs is 1. The number of ether oxygens (including phenoxy) is 3. The summed E-state index contributed by atoms with van der Waals surface area (Å²) in [4.78, 5) is 15.7. The second-order valence-electron chi connectivity index (χ2n) is 10.2. The molecule has 0 radical (unpaired) electrons. The van der Waals surface area contributed by atoms with E-state index < -0.39 is 5.97 Å². The van der Waals surface area contributed by atoms with Gasteiger partial charge in [-0.05, 0) is 99.3 Å². The van der Waals surface area contributed by atoms with Crippen molar-refractivity contribution in [3.63, 3.8) is 0 Å². The van der Waals surface area contributed by atoms with Crippen LogP contribution in [0.3, 0.4) is 0 Å². The minimum Gasteiger partial charge on any atom is -0.491 e. The Hall–Kier alpha value is -2.83. The highest BCUT2D eigenvalue weighted by molar-refractivity contribution is 9.10. The van der Waals surface area contributed by atoms with E-state index in [0.29, 0.717) is 27.6 Å². The molecule has 3 aromatic carbocycles. The molecule has 0 spiro atoms. The number of benzene rings is 3. The van der Waals surface area contributed by atoms with Crippen LogP contribution in [0.4, 0.5) is 0 Å². The third-order valence-electron chi connectivity index (χ3n) is 6.51. The van der Waals surface area contributed by atoms with Gasteiger partial charge in [-0.15, -0.1) is 0 Å². The molecular weight excluding hydrogens is 530 g/mol. The van der Waals surface area contributed by atoms with Gasteiger partial charge in [0.15, 0.2) is 0 Å². The predicted octanol–water partition coefficient (Wildman–Crippen LogP) is 7.75. The molecule has 0 saturated heterocycles. The average molecular weight is 567 g/mol. The third-order valence-corrected chi connectivity index (χ3v) is 7.20. The van der Waals surface area contributed by atoms with Gasteiger partial charge in [0, 0.05) is 34.7 Å². The van der Waals surface area contributed by atoms with Crippen LogP contribution in [-0.4, -0.2) is 29.1 Å². The van der Waals surface area contributed by atoms with Crippen molar-refractivity contribution in [1.82, 2.24) is 4.90 Å². The quantitative estimate of drug-likeness (QED) is 0.206. The second kappa shape index (κ2) is 11.7. The van der Waals surface area contributed by atoms with Gasteiger partial charge in [-0.2, -0.15) is 0 Å². The summed E-state index contributed by atoms with van der Waals surface area (Å²) >= 11 is 3.48. The Morgan fingerprint density at radius 2 is 1.65 bits per heavy atom. The van der Waals surface area contributed by atoms with Gasteiger partial charge in [0.1, 0.15) is 17.2 Å². The summed E-state index contributed by atoms with van der Waals surface area (Å²) in [6.45, 7) is 13.3. The SMILES string of the molecule is CC(C)Oc1ccc(Br)c(C(=O)Oc2cc3c(c(OC(C)C)c2)[C@@H](C)N(Cc2ccccc2)[C@H](C)C3)c1. The smallest absolute Gasteiger partial charge is 0.344 e. The van der Waals surface area contributed by atoms with Crippen LogP contribution in [0.2, 0.25) is 0 Å². The molecule has 2 atom stereocenters. The van der Waals surface area contributed by atoms with E-state index in [-0.39, 0.29) is 18.2 Å². The van der Waals surface area contributed by atoms with Crippen LogP contribution in [0.5, 0.6) is 17.2 Å². The number of hydrogen-bond acceptors (Lipinski definition) is 5. The van der Waals surface area contributed by atoms with Gasteiger partial charge in [0.05, 0.1) is 17.8 Å². The maximum absolute atomic E-state index is 13.2. The molecule has 196 valence electrons. The molecule has 0 aliphatic carbocycles. The van der Waals surface area contributed by atoms with Crippen LogP contribution in [0.1, 0.15) is 74.6 Å². The van der Waals surface area contributed by atoms with Crippen LogP contribution in [0.15, 0.2) is 65.1 Å². The van der Waals surface area contributed by atoms with E-state index in [1.165, 1.54) is 5.56 Å². The summed E-state index contributed by atoms with van der Waals surface area (Å²) in [5.41, 5.74) is 4.02.